The number of halogens is 4. The van der Waals surface area contributed by atoms with Crippen LogP contribution in [0.4, 0.5) is 18.9 Å². The second-order valence-electron chi connectivity index (χ2n) is 7.57. The van der Waals surface area contributed by atoms with Crippen LogP contribution in [0.15, 0.2) is 53.7 Å². The van der Waals surface area contributed by atoms with E-state index < -0.39 is 33.2 Å². The van der Waals surface area contributed by atoms with E-state index in [1.807, 2.05) is 0 Å². The lowest BCUT2D eigenvalue weighted by atomic mass is 10.1. The van der Waals surface area contributed by atoms with E-state index >= 15 is 0 Å². The maximum absolute atomic E-state index is 13.3. The SMILES string of the molecule is CCS(=O)(=O)c1cc(-c2ccc(Cl)cc2)cnc1C(=O)N1CCc2c1cc(C(F)(F)F)c[n+]2[O-]. The van der Waals surface area contributed by atoms with Crippen molar-refractivity contribution in [3.63, 3.8) is 0 Å². The van der Waals surface area contributed by atoms with Crippen LogP contribution in [0.1, 0.15) is 28.7 Å². The molecule has 3 aromatic rings. The van der Waals surface area contributed by atoms with Gasteiger partial charge < -0.3 is 10.1 Å². The van der Waals surface area contributed by atoms with Crippen LogP contribution in [-0.4, -0.2) is 31.6 Å². The van der Waals surface area contributed by atoms with Gasteiger partial charge >= 0.3 is 6.18 Å². The van der Waals surface area contributed by atoms with Crippen LogP contribution in [0.5, 0.6) is 0 Å². The Kier molecular flexibility index (Phi) is 6.03. The van der Waals surface area contributed by atoms with Gasteiger partial charge in [-0.1, -0.05) is 30.7 Å². The predicted molar refractivity (Wildman–Crippen MR) is 118 cm³/mol. The summed E-state index contributed by atoms with van der Waals surface area (Å²) in [6.07, 6.45) is -3.06. The number of hydrogen-bond donors (Lipinski definition) is 0. The van der Waals surface area contributed by atoms with Gasteiger partial charge in [0.1, 0.15) is 16.9 Å². The Labute approximate surface area is 197 Å². The molecule has 0 radical (unpaired) electrons. The molecule has 178 valence electrons. The number of rotatable bonds is 4. The molecule has 0 unspecified atom stereocenters. The van der Waals surface area contributed by atoms with Crippen molar-refractivity contribution in [3.05, 3.63) is 76.0 Å². The second kappa shape index (κ2) is 8.55. The number of pyridine rings is 2. The number of carbonyl (C=O) groups excluding carboxylic acids is 1. The number of benzene rings is 1. The van der Waals surface area contributed by atoms with Crippen LogP contribution >= 0.6 is 11.6 Å². The third-order valence-electron chi connectivity index (χ3n) is 5.49. The lowest BCUT2D eigenvalue weighted by Gasteiger charge is -2.19. The lowest BCUT2D eigenvalue weighted by molar-refractivity contribution is -0.613. The molecule has 34 heavy (non-hydrogen) atoms. The van der Waals surface area contributed by atoms with E-state index in [2.05, 4.69) is 4.98 Å². The smallest absolute Gasteiger partial charge is 0.422 e. The summed E-state index contributed by atoms with van der Waals surface area (Å²) in [6.45, 7) is 1.31. The number of nitrogens with zero attached hydrogens (tertiary/aromatic N) is 3. The molecule has 1 aliphatic heterocycles. The molecule has 1 aliphatic rings. The highest BCUT2D eigenvalue weighted by molar-refractivity contribution is 7.91. The zero-order valence-corrected chi connectivity index (χ0v) is 19.2. The number of hydrogen-bond acceptors (Lipinski definition) is 5. The van der Waals surface area contributed by atoms with E-state index in [4.69, 9.17) is 11.6 Å². The number of amides is 1. The molecule has 2 aromatic heterocycles. The topological polar surface area (TPSA) is 94.3 Å². The summed E-state index contributed by atoms with van der Waals surface area (Å²) < 4.78 is 65.4. The summed E-state index contributed by atoms with van der Waals surface area (Å²) in [4.78, 5) is 18.1. The number of alkyl halides is 3. The zero-order chi connectivity index (χ0) is 24.8. The molecule has 0 aliphatic carbocycles. The molecule has 3 heterocycles. The number of aromatic nitrogens is 2. The van der Waals surface area contributed by atoms with E-state index in [-0.39, 0.29) is 39.7 Å². The molecule has 0 fully saturated rings. The number of sulfone groups is 1. The minimum absolute atomic E-state index is 0.0148. The molecule has 0 spiro atoms. The zero-order valence-electron chi connectivity index (χ0n) is 17.6. The summed E-state index contributed by atoms with van der Waals surface area (Å²) in [5.74, 6) is -1.23. The number of carbonyl (C=O) groups is 1. The standard InChI is InChI=1S/C22H17ClF3N3O4S/c1-2-34(32,33)19-9-14(13-3-5-16(23)6-4-13)11-27-20(19)21(30)28-8-7-17-18(28)10-15(12-29(17)31)22(24,25)26/h3-6,9-12H,2,7-8H2,1H3. The summed E-state index contributed by atoms with van der Waals surface area (Å²) in [5.41, 5.74) is -0.857. The first-order valence-electron chi connectivity index (χ1n) is 10.1. The molecule has 1 amide bonds. The largest absolute Gasteiger partial charge is 0.618 e. The van der Waals surface area contributed by atoms with Gasteiger partial charge in [0.2, 0.25) is 5.69 Å². The van der Waals surface area contributed by atoms with Crippen LogP contribution in [-0.2, 0) is 22.4 Å². The van der Waals surface area contributed by atoms with Crippen LogP contribution < -0.4 is 9.63 Å². The summed E-state index contributed by atoms with van der Waals surface area (Å²) in [6, 6.07) is 8.56. The molecule has 0 saturated heterocycles. The molecule has 12 heteroatoms. The molecule has 4 rings (SSSR count). The van der Waals surface area contributed by atoms with Gasteiger partial charge in [-0.2, -0.15) is 17.9 Å². The Hall–Kier alpha value is -3.18. The van der Waals surface area contributed by atoms with Crippen molar-refractivity contribution in [1.82, 2.24) is 4.98 Å². The van der Waals surface area contributed by atoms with Crippen molar-refractivity contribution in [2.24, 2.45) is 0 Å². The van der Waals surface area contributed by atoms with Gasteiger partial charge in [-0.05, 0) is 29.8 Å². The summed E-state index contributed by atoms with van der Waals surface area (Å²) >= 11 is 5.90. The van der Waals surface area contributed by atoms with Gasteiger partial charge in [0.25, 0.3) is 5.91 Å². The third-order valence-corrected chi connectivity index (χ3v) is 7.49. The normalized spacial score (nSPS) is 13.7. The van der Waals surface area contributed by atoms with E-state index in [1.165, 1.54) is 19.2 Å². The maximum Gasteiger partial charge on any atom is 0.422 e. The van der Waals surface area contributed by atoms with Crippen molar-refractivity contribution in [3.8, 4) is 11.1 Å². The highest BCUT2D eigenvalue weighted by Gasteiger charge is 2.40. The molecule has 0 bridgehead atoms. The first-order valence-corrected chi connectivity index (χ1v) is 12.1. The Morgan fingerprint density at radius 1 is 1.21 bits per heavy atom. The molecule has 0 N–H and O–H groups in total. The van der Waals surface area contributed by atoms with Crippen LogP contribution in [0.25, 0.3) is 11.1 Å². The predicted octanol–water partition coefficient (Wildman–Crippen LogP) is 4.05. The Bertz CT molecular complexity index is 1390. The van der Waals surface area contributed by atoms with E-state index in [1.54, 1.807) is 24.3 Å². The van der Waals surface area contributed by atoms with E-state index in [9.17, 15) is 31.6 Å². The molecular formula is C22H17ClF3N3O4S. The van der Waals surface area contributed by atoms with Gasteiger partial charge in [0.05, 0.1) is 17.1 Å². The van der Waals surface area contributed by atoms with Gasteiger partial charge in [-0.25, -0.2) is 13.4 Å². The highest BCUT2D eigenvalue weighted by atomic mass is 35.5. The van der Waals surface area contributed by atoms with Gasteiger partial charge in [-0.15, -0.1) is 0 Å². The lowest BCUT2D eigenvalue weighted by Crippen LogP contribution is -2.34. The van der Waals surface area contributed by atoms with Gasteiger partial charge in [0.15, 0.2) is 16.0 Å². The molecular weight excluding hydrogens is 495 g/mol. The van der Waals surface area contributed by atoms with Crippen molar-refractivity contribution in [2.75, 3.05) is 17.2 Å². The molecule has 1 aromatic carbocycles. The molecule has 7 nitrogen and oxygen atoms in total. The fourth-order valence-corrected chi connectivity index (χ4v) is 4.87. The first kappa shape index (κ1) is 24.0. The minimum Gasteiger partial charge on any atom is -0.618 e. The quantitative estimate of drug-likeness (QED) is 0.389. The van der Waals surface area contributed by atoms with Crippen LogP contribution in [0.3, 0.4) is 0 Å². The Morgan fingerprint density at radius 3 is 2.50 bits per heavy atom. The Morgan fingerprint density at radius 2 is 1.88 bits per heavy atom. The van der Waals surface area contributed by atoms with Gasteiger partial charge in [0, 0.05) is 23.3 Å². The van der Waals surface area contributed by atoms with Crippen molar-refractivity contribution in [2.45, 2.75) is 24.4 Å². The van der Waals surface area contributed by atoms with Crippen molar-refractivity contribution in [1.29, 1.82) is 0 Å². The average Bonchev–Trinajstić information content (AvgIpc) is 3.23. The number of anilines is 1. The van der Waals surface area contributed by atoms with Crippen molar-refractivity contribution >= 4 is 33.0 Å². The van der Waals surface area contributed by atoms with Crippen LogP contribution in [0, 0.1) is 5.21 Å². The van der Waals surface area contributed by atoms with Crippen LogP contribution in [0.2, 0.25) is 5.02 Å². The fourth-order valence-electron chi connectivity index (χ4n) is 3.69. The summed E-state index contributed by atoms with van der Waals surface area (Å²) in [7, 11) is -3.94. The minimum atomic E-state index is -4.80. The monoisotopic (exact) mass is 511 g/mol. The third kappa shape index (κ3) is 4.32. The van der Waals surface area contributed by atoms with E-state index in [0.717, 1.165) is 4.90 Å². The van der Waals surface area contributed by atoms with E-state index in [0.29, 0.717) is 28.4 Å². The maximum atomic E-state index is 13.3. The average molecular weight is 512 g/mol. The second-order valence-corrected chi connectivity index (χ2v) is 10.3. The highest BCUT2D eigenvalue weighted by Crippen LogP contribution is 2.35. The first-order chi connectivity index (χ1) is 15.9. The summed E-state index contributed by atoms with van der Waals surface area (Å²) in [5, 5.41) is 12.6. The van der Waals surface area contributed by atoms with Crippen molar-refractivity contribution < 1.29 is 31.1 Å². The fraction of sp³-hybridized carbons (Fsp3) is 0.227. The molecule has 0 saturated carbocycles. The molecule has 0 atom stereocenters. The van der Waals surface area contributed by atoms with Gasteiger partial charge in [-0.3, -0.25) is 4.79 Å². The Balaban J connectivity index is 1.82. The number of fused-ring (bicyclic) bond motifs is 1.